The van der Waals surface area contributed by atoms with Crippen molar-refractivity contribution >= 4 is 11.6 Å². The van der Waals surface area contributed by atoms with Gasteiger partial charge < -0.3 is 14.5 Å². The fraction of sp³-hybridized carbons (Fsp3) is 0.273. The number of carbonyl (C=O) groups excluding carboxylic acids is 1. The van der Waals surface area contributed by atoms with E-state index < -0.39 is 17.2 Å². The minimum atomic E-state index is -0.703. The number of nitrogens with zero attached hydrogens (tertiary/aromatic N) is 5. The number of carbonyl (C=O) groups is 1. The van der Waals surface area contributed by atoms with E-state index in [1.165, 1.54) is 7.05 Å². The first-order valence-corrected chi connectivity index (χ1v) is 9.93. The fourth-order valence-electron chi connectivity index (χ4n) is 3.56. The van der Waals surface area contributed by atoms with Gasteiger partial charge in [-0.25, -0.2) is 4.79 Å². The Kier molecular flexibility index (Phi) is 5.57. The van der Waals surface area contributed by atoms with Gasteiger partial charge in [-0.15, -0.1) is 0 Å². The molecule has 1 aliphatic rings. The molecule has 0 atom stereocenters. The zero-order valence-electron chi connectivity index (χ0n) is 17.4. The first-order chi connectivity index (χ1) is 15.0. The Labute approximate surface area is 178 Å². The topological polar surface area (TPSA) is 89.7 Å². The van der Waals surface area contributed by atoms with E-state index in [4.69, 9.17) is 4.74 Å². The molecular formula is C22H23N5O4. The van der Waals surface area contributed by atoms with Gasteiger partial charge in [-0.05, 0) is 36.4 Å². The smallest absolute Gasteiger partial charge is 0.351 e. The van der Waals surface area contributed by atoms with Crippen molar-refractivity contribution in [2.45, 2.75) is 0 Å². The van der Waals surface area contributed by atoms with Crippen LogP contribution in [0.15, 0.2) is 64.2 Å². The number of hydrogen-bond donors (Lipinski definition) is 0. The summed E-state index contributed by atoms with van der Waals surface area (Å²) in [6.45, 7) is 2.21. The van der Waals surface area contributed by atoms with Gasteiger partial charge in [-0.1, -0.05) is 18.2 Å². The van der Waals surface area contributed by atoms with Gasteiger partial charge in [0.2, 0.25) is 5.69 Å². The lowest BCUT2D eigenvalue weighted by molar-refractivity contribution is 0.0735. The van der Waals surface area contributed by atoms with Crippen molar-refractivity contribution in [3.05, 3.63) is 81.1 Å². The lowest BCUT2D eigenvalue weighted by Crippen LogP contribution is -2.51. The Morgan fingerprint density at radius 1 is 0.903 bits per heavy atom. The minimum Gasteiger partial charge on any atom is -0.497 e. The van der Waals surface area contributed by atoms with E-state index in [9.17, 15) is 14.4 Å². The third-order valence-corrected chi connectivity index (χ3v) is 5.38. The summed E-state index contributed by atoms with van der Waals surface area (Å²) in [5, 5.41) is 4.14. The molecule has 1 aliphatic heterocycles. The van der Waals surface area contributed by atoms with Crippen LogP contribution in [0.25, 0.3) is 5.69 Å². The molecule has 2 aromatic carbocycles. The third kappa shape index (κ3) is 3.94. The van der Waals surface area contributed by atoms with Gasteiger partial charge in [0.15, 0.2) is 0 Å². The highest BCUT2D eigenvalue weighted by atomic mass is 16.5. The molecule has 1 fully saturated rings. The molecule has 1 aromatic heterocycles. The normalized spacial score (nSPS) is 13.9. The Morgan fingerprint density at radius 2 is 1.55 bits per heavy atom. The Hall–Kier alpha value is -3.88. The van der Waals surface area contributed by atoms with E-state index in [0.29, 0.717) is 37.6 Å². The monoisotopic (exact) mass is 421 g/mol. The molecule has 4 rings (SSSR count). The Morgan fingerprint density at radius 3 is 2.16 bits per heavy atom. The van der Waals surface area contributed by atoms with E-state index in [1.54, 1.807) is 36.3 Å². The number of rotatable bonds is 4. The van der Waals surface area contributed by atoms with Gasteiger partial charge in [0.1, 0.15) is 5.75 Å². The maximum atomic E-state index is 13.1. The first-order valence-electron chi connectivity index (χ1n) is 9.93. The SMILES string of the molecule is COc1ccc(-n2nc(C(=O)N3CCN(c4ccccc4)CC3)c(=O)n(C)c2=O)cc1. The second-order valence-corrected chi connectivity index (χ2v) is 7.22. The van der Waals surface area contributed by atoms with Crippen LogP contribution in [0, 0.1) is 0 Å². The van der Waals surface area contributed by atoms with Crippen molar-refractivity contribution in [3.63, 3.8) is 0 Å². The van der Waals surface area contributed by atoms with Crippen molar-refractivity contribution in [3.8, 4) is 11.4 Å². The molecule has 2 heterocycles. The third-order valence-electron chi connectivity index (χ3n) is 5.38. The van der Waals surface area contributed by atoms with Gasteiger partial charge in [0, 0.05) is 38.9 Å². The first kappa shape index (κ1) is 20.4. The van der Waals surface area contributed by atoms with Crippen LogP contribution in [0.4, 0.5) is 5.69 Å². The maximum Gasteiger partial charge on any atom is 0.351 e. The molecule has 9 heteroatoms. The fourth-order valence-corrected chi connectivity index (χ4v) is 3.56. The van der Waals surface area contributed by atoms with Crippen LogP contribution >= 0.6 is 0 Å². The van der Waals surface area contributed by atoms with Gasteiger partial charge in [0.05, 0.1) is 12.8 Å². The van der Waals surface area contributed by atoms with Gasteiger partial charge in [0.25, 0.3) is 11.5 Å². The summed E-state index contributed by atoms with van der Waals surface area (Å²) in [5.74, 6) is 0.143. The molecule has 0 saturated carbocycles. The molecule has 31 heavy (non-hydrogen) atoms. The molecule has 0 N–H and O–H groups in total. The number of methoxy groups -OCH3 is 1. The highest BCUT2D eigenvalue weighted by Crippen LogP contribution is 2.16. The highest BCUT2D eigenvalue weighted by molar-refractivity contribution is 5.92. The van der Waals surface area contributed by atoms with Crippen molar-refractivity contribution in [1.82, 2.24) is 19.2 Å². The van der Waals surface area contributed by atoms with Crippen LogP contribution in [0.2, 0.25) is 0 Å². The Balaban J connectivity index is 1.60. The molecule has 3 aromatic rings. The van der Waals surface area contributed by atoms with E-state index in [2.05, 4.69) is 10.00 Å². The summed E-state index contributed by atoms with van der Waals surface area (Å²) in [4.78, 5) is 42.1. The van der Waals surface area contributed by atoms with Gasteiger partial charge in [-0.2, -0.15) is 9.78 Å². The van der Waals surface area contributed by atoms with E-state index in [0.717, 1.165) is 14.9 Å². The van der Waals surface area contributed by atoms with E-state index in [-0.39, 0.29) is 5.69 Å². The van der Waals surface area contributed by atoms with Crippen LogP contribution in [0.3, 0.4) is 0 Å². The van der Waals surface area contributed by atoms with Crippen LogP contribution in [-0.4, -0.2) is 58.4 Å². The number of ether oxygens (including phenoxy) is 1. The average molecular weight is 421 g/mol. The quantitative estimate of drug-likeness (QED) is 0.622. The molecule has 0 unspecified atom stereocenters. The van der Waals surface area contributed by atoms with Crippen molar-refractivity contribution in [2.75, 3.05) is 38.2 Å². The average Bonchev–Trinajstić information content (AvgIpc) is 2.83. The van der Waals surface area contributed by atoms with Crippen LogP contribution in [-0.2, 0) is 7.05 Å². The van der Waals surface area contributed by atoms with Gasteiger partial charge >= 0.3 is 5.69 Å². The zero-order chi connectivity index (χ0) is 22.0. The number of anilines is 1. The molecule has 0 spiro atoms. The number of amides is 1. The molecule has 1 saturated heterocycles. The second kappa shape index (κ2) is 8.47. The predicted octanol–water partition coefficient (Wildman–Crippen LogP) is 0.902. The van der Waals surface area contributed by atoms with Crippen molar-refractivity contribution < 1.29 is 9.53 Å². The predicted molar refractivity (Wildman–Crippen MR) is 116 cm³/mol. The molecular weight excluding hydrogens is 398 g/mol. The number of hydrogen-bond acceptors (Lipinski definition) is 6. The summed E-state index contributed by atoms with van der Waals surface area (Å²) in [6.07, 6.45) is 0. The van der Waals surface area contributed by atoms with Crippen LogP contribution < -0.4 is 20.9 Å². The largest absolute Gasteiger partial charge is 0.497 e. The van der Waals surface area contributed by atoms with Crippen molar-refractivity contribution in [2.24, 2.45) is 7.05 Å². The molecule has 0 radical (unpaired) electrons. The summed E-state index contributed by atoms with van der Waals surface area (Å²) < 4.78 is 7.10. The van der Waals surface area contributed by atoms with Gasteiger partial charge in [-0.3, -0.25) is 14.2 Å². The number of aromatic nitrogens is 3. The zero-order valence-corrected chi connectivity index (χ0v) is 17.4. The van der Waals surface area contributed by atoms with Crippen molar-refractivity contribution in [1.29, 1.82) is 0 Å². The molecule has 0 bridgehead atoms. The summed E-state index contributed by atoms with van der Waals surface area (Å²) in [6, 6.07) is 16.6. The molecule has 9 nitrogen and oxygen atoms in total. The second-order valence-electron chi connectivity index (χ2n) is 7.22. The minimum absolute atomic E-state index is 0.272. The lowest BCUT2D eigenvalue weighted by Gasteiger charge is -2.35. The van der Waals surface area contributed by atoms with Crippen LogP contribution in [0.1, 0.15) is 10.5 Å². The Bertz CT molecular complexity index is 1190. The number of benzene rings is 2. The summed E-state index contributed by atoms with van der Waals surface area (Å²) in [7, 11) is 2.89. The number of piperazine rings is 1. The summed E-state index contributed by atoms with van der Waals surface area (Å²) in [5.41, 5.74) is -0.0713. The standard InChI is InChI=1S/C22H23N5O4/c1-24-20(28)19(23-27(22(24)30)17-8-10-18(31-2)11-9-17)21(29)26-14-12-25(13-15-26)16-6-4-3-5-7-16/h3-11H,12-15H2,1-2H3. The highest BCUT2D eigenvalue weighted by Gasteiger charge is 2.27. The molecule has 160 valence electrons. The van der Waals surface area contributed by atoms with Crippen LogP contribution in [0.5, 0.6) is 5.75 Å². The van der Waals surface area contributed by atoms with E-state index in [1.807, 2.05) is 30.3 Å². The molecule has 0 aliphatic carbocycles. The number of para-hydroxylation sites is 1. The summed E-state index contributed by atoms with van der Waals surface area (Å²) >= 11 is 0. The van der Waals surface area contributed by atoms with E-state index >= 15 is 0 Å². The lowest BCUT2D eigenvalue weighted by atomic mass is 10.2. The maximum absolute atomic E-state index is 13.1. The molecule has 1 amide bonds.